The van der Waals surface area contributed by atoms with Crippen LogP contribution in [0.2, 0.25) is 0 Å². The molecule has 35 heavy (non-hydrogen) atoms. The maximum absolute atomic E-state index is 12.7. The first-order chi connectivity index (χ1) is 16.0. The number of fused-ring (bicyclic) bond motifs is 2. The number of hydrogen-bond donors (Lipinski definition) is 2. The lowest BCUT2D eigenvalue weighted by Crippen LogP contribution is -2.36. The van der Waals surface area contributed by atoms with Crippen molar-refractivity contribution in [1.82, 2.24) is 16.5 Å². The largest absolute Gasteiger partial charge is 0.467 e. The Bertz CT molecular complexity index is 1510. The predicted octanol–water partition coefficient (Wildman–Crippen LogP) is 3.97. The summed E-state index contributed by atoms with van der Waals surface area (Å²) in [6, 6.07) is 21.8. The fraction of sp³-hybridized carbons (Fsp3) is 0.125. The molecule has 11 heteroatoms. The van der Waals surface area contributed by atoms with Crippen LogP contribution in [0.5, 0.6) is 0 Å². The first kappa shape index (κ1) is 27.4. The van der Waals surface area contributed by atoms with E-state index in [0.717, 1.165) is 34.4 Å². The molecule has 4 N–H and O–H groups in total. The van der Waals surface area contributed by atoms with Crippen molar-refractivity contribution in [2.24, 2.45) is 4.36 Å². The summed E-state index contributed by atoms with van der Waals surface area (Å²) < 4.78 is 29.5. The lowest BCUT2D eigenvalue weighted by molar-refractivity contribution is -0.141. The Labute approximate surface area is 209 Å². The van der Waals surface area contributed by atoms with Crippen molar-refractivity contribution in [2.75, 3.05) is 13.7 Å². The van der Waals surface area contributed by atoms with Crippen LogP contribution in [0.3, 0.4) is 0 Å². The normalized spacial score (nSPS) is 11.0. The highest BCUT2D eigenvalue weighted by atomic mass is 35.5. The van der Waals surface area contributed by atoms with Crippen molar-refractivity contribution in [1.29, 1.82) is 0 Å². The van der Waals surface area contributed by atoms with Gasteiger partial charge >= 0.3 is 16.5 Å². The highest BCUT2D eigenvalue weighted by Gasteiger charge is 2.21. The van der Waals surface area contributed by atoms with Crippen molar-refractivity contribution < 1.29 is 22.7 Å². The third kappa shape index (κ3) is 5.99. The zero-order valence-electron chi connectivity index (χ0n) is 18.7. The van der Waals surface area contributed by atoms with Gasteiger partial charge in [0.1, 0.15) is 5.69 Å². The minimum atomic E-state index is -2.82. The maximum Gasteiger partial charge on any atom is 0.333 e. The molecular formula is C24H23ClN4O5S. The molecule has 0 aliphatic carbocycles. The molecule has 0 spiro atoms. The van der Waals surface area contributed by atoms with Crippen molar-refractivity contribution in [3.05, 3.63) is 78.5 Å². The minimum Gasteiger partial charge on any atom is -0.467 e. The first-order valence-electron chi connectivity index (χ1n) is 10.0. The van der Waals surface area contributed by atoms with E-state index in [2.05, 4.69) is 19.4 Å². The number of pyridine rings is 1. The lowest BCUT2D eigenvalue weighted by atomic mass is 9.96. The standard InChI is InChI=1S/C24H19N3O5S.ClH.H3N/c1-32-24(29)21(27-33(30)31)14-25-23(28)20-13-12-16-8-5-11-19(22(16)26-20)18-10-4-7-15-6-2-3-9-17(15)18;;/h2-13,21H,14H2,1H3,(H,25,28);1H;1H3. The van der Waals surface area contributed by atoms with Gasteiger partial charge in [0, 0.05) is 10.9 Å². The topological polar surface area (TPSA) is 150 Å². The molecule has 4 rings (SSSR count). The summed E-state index contributed by atoms with van der Waals surface area (Å²) in [6.45, 7) is -0.343. The number of para-hydroxylation sites is 1. The number of hydrogen-bond acceptors (Lipinski definition) is 8. The van der Waals surface area contributed by atoms with Gasteiger partial charge in [0.2, 0.25) is 0 Å². The average Bonchev–Trinajstić information content (AvgIpc) is 2.84. The molecule has 1 unspecified atom stereocenters. The number of nitrogens with one attached hydrogen (secondary N) is 1. The molecule has 182 valence electrons. The van der Waals surface area contributed by atoms with Crippen molar-refractivity contribution in [3.8, 4) is 11.1 Å². The zero-order valence-corrected chi connectivity index (χ0v) is 20.3. The molecular weight excluding hydrogens is 492 g/mol. The Hall–Kier alpha value is -3.86. The molecule has 0 aliphatic heterocycles. The Morgan fingerprint density at radius 3 is 2.31 bits per heavy atom. The molecule has 0 fully saturated rings. The van der Waals surface area contributed by atoms with E-state index < -0.39 is 28.4 Å². The van der Waals surface area contributed by atoms with Crippen LogP contribution in [-0.2, 0) is 20.0 Å². The Morgan fingerprint density at radius 2 is 1.60 bits per heavy atom. The Kier molecular flexibility index (Phi) is 9.41. The van der Waals surface area contributed by atoms with E-state index in [4.69, 9.17) is 0 Å². The van der Waals surface area contributed by atoms with Gasteiger partial charge in [-0.15, -0.1) is 12.4 Å². The van der Waals surface area contributed by atoms with Gasteiger partial charge in [-0.1, -0.05) is 66.7 Å². The molecule has 1 amide bonds. The van der Waals surface area contributed by atoms with E-state index in [-0.39, 0.29) is 30.8 Å². The molecule has 1 heterocycles. The smallest absolute Gasteiger partial charge is 0.333 e. The van der Waals surface area contributed by atoms with E-state index in [0.29, 0.717) is 5.52 Å². The van der Waals surface area contributed by atoms with E-state index in [9.17, 15) is 18.0 Å². The van der Waals surface area contributed by atoms with E-state index >= 15 is 0 Å². The number of aromatic nitrogens is 1. The van der Waals surface area contributed by atoms with Crippen LogP contribution in [0.4, 0.5) is 0 Å². The second kappa shape index (κ2) is 12.0. The van der Waals surface area contributed by atoms with Crippen LogP contribution in [0.1, 0.15) is 10.5 Å². The number of ether oxygens (including phenoxy) is 1. The number of nitrogens with zero attached hydrogens (tertiary/aromatic N) is 2. The fourth-order valence-electron chi connectivity index (χ4n) is 3.63. The summed E-state index contributed by atoms with van der Waals surface area (Å²) in [6.07, 6.45) is 0. The van der Waals surface area contributed by atoms with Gasteiger partial charge in [-0.3, -0.25) is 4.79 Å². The molecule has 0 aliphatic rings. The Balaban J connectivity index is 0.00000216. The van der Waals surface area contributed by atoms with Crippen molar-refractivity contribution in [2.45, 2.75) is 6.04 Å². The average molecular weight is 515 g/mol. The number of methoxy groups -OCH3 is 1. The fourth-order valence-corrected chi connectivity index (χ4v) is 4.00. The second-order valence-corrected chi connectivity index (χ2v) is 7.82. The molecule has 3 aromatic carbocycles. The van der Waals surface area contributed by atoms with Gasteiger partial charge in [0.15, 0.2) is 6.04 Å². The predicted molar refractivity (Wildman–Crippen MR) is 136 cm³/mol. The summed E-state index contributed by atoms with van der Waals surface area (Å²) in [5.41, 5.74) is 2.65. The monoisotopic (exact) mass is 514 g/mol. The maximum atomic E-state index is 12.7. The van der Waals surface area contributed by atoms with Gasteiger partial charge in [0.25, 0.3) is 5.91 Å². The quantitative estimate of drug-likeness (QED) is 0.369. The van der Waals surface area contributed by atoms with Gasteiger partial charge in [-0.05, 0) is 22.4 Å². The zero-order chi connectivity index (χ0) is 23.4. The summed E-state index contributed by atoms with van der Waals surface area (Å²) in [7, 11) is -1.71. The number of esters is 1. The number of carbonyl (C=O) groups is 2. The minimum absolute atomic E-state index is 0. The van der Waals surface area contributed by atoms with Gasteiger partial charge in [0.05, 0.1) is 19.2 Å². The number of benzene rings is 3. The molecule has 0 bridgehead atoms. The van der Waals surface area contributed by atoms with Gasteiger partial charge in [-0.25, -0.2) is 9.78 Å². The SMILES string of the molecule is COC(=O)C(CNC(=O)c1ccc2cccc(-c3cccc4ccccc34)c2n1)N=S(=O)=O.Cl.N. The van der Waals surface area contributed by atoms with Crippen LogP contribution in [0.15, 0.2) is 77.2 Å². The van der Waals surface area contributed by atoms with Gasteiger partial charge in [-0.2, -0.15) is 12.8 Å². The molecule has 4 aromatic rings. The molecule has 0 radical (unpaired) electrons. The molecule has 9 nitrogen and oxygen atoms in total. The number of carbonyl (C=O) groups excluding carboxylic acids is 2. The summed E-state index contributed by atoms with van der Waals surface area (Å²) in [5, 5.41) is 5.52. The van der Waals surface area contributed by atoms with Crippen LogP contribution in [0, 0.1) is 0 Å². The third-order valence-electron chi connectivity index (χ3n) is 5.18. The molecule has 1 atom stereocenters. The van der Waals surface area contributed by atoms with E-state index in [1.807, 2.05) is 60.7 Å². The molecule has 1 aromatic heterocycles. The van der Waals surface area contributed by atoms with Crippen LogP contribution in [-0.4, -0.2) is 45.0 Å². The van der Waals surface area contributed by atoms with Crippen molar-refractivity contribution >= 4 is 56.5 Å². The summed E-state index contributed by atoms with van der Waals surface area (Å²) in [5.74, 6) is -1.44. The first-order valence-corrected chi connectivity index (χ1v) is 11.1. The van der Waals surface area contributed by atoms with Crippen molar-refractivity contribution in [3.63, 3.8) is 0 Å². The number of amides is 1. The van der Waals surface area contributed by atoms with Crippen LogP contribution >= 0.6 is 12.4 Å². The summed E-state index contributed by atoms with van der Waals surface area (Å²) >= 11 is 0. The van der Waals surface area contributed by atoms with Crippen LogP contribution < -0.4 is 11.5 Å². The highest BCUT2D eigenvalue weighted by Crippen LogP contribution is 2.33. The highest BCUT2D eigenvalue weighted by molar-refractivity contribution is 7.61. The van der Waals surface area contributed by atoms with Gasteiger partial charge < -0.3 is 16.2 Å². The van der Waals surface area contributed by atoms with Crippen LogP contribution in [0.25, 0.3) is 32.8 Å². The molecule has 0 saturated heterocycles. The Morgan fingerprint density at radius 1 is 0.943 bits per heavy atom. The molecule has 0 saturated carbocycles. The van der Waals surface area contributed by atoms with E-state index in [1.54, 1.807) is 12.1 Å². The third-order valence-corrected chi connectivity index (χ3v) is 5.60. The number of rotatable bonds is 6. The summed E-state index contributed by atoms with van der Waals surface area (Å²) in [4.78, 5) is 29.0. The van der Waals surface area contributed by atoms with E-state index in [1.165, 1.54) is 0 Å². The lowest BCUT2D eigenvalue weighted by Gasteiger charge is -2.12. The second-order valence-electron chi connectivity index (χ2n) is 7.17. The number of halogens is 1.